The lowest BCUT2D eigenvalue weighted by molar-refractivity contribution is -0.115. The molecule has 2 aromatic carbocycles. The highest BCUT2D eigenvalue weighted by Crippen LogP contribution is 2.22. The molecular formula is C20H19N3O3S. The minimum absolute atomic E-state index is 0.0810. The van der Waals surface area contributed by atoms with Crippen molar-refractivity contribution in [1.29, 1.82) is 0 Å². The Bertz CT molecular complexity index is 925. The van der Waals surface area contributed by atoms with Gasteiger partial charge in [0.25, 0.3) is 0 Å². The van der Waals surface area contributed by atoms with E-state index in [1.807, 2.05) is 54.6 Å². The summed E-state index contributed by atoms with van der Waals surface area (Å²) in [6, 6.07) is 18.6. The largest absolute Gasteiger partial charge is 0.360 e. The van der Waals surface area contributed by atoms with Crippen molar-refractivity contribution in [2.75, 3.05) is 16.4 Å². The lowest BCUT2D eigenvalue weighted by Crippen LogP contribution is -2.15. The molecular weight excluding hydrogens is 362 g/mol. The SMILES string of the molecule is Cc1cc(NC(=O)CSc2cccc(NC(=O)Cc3ccccc3)c2)no1. The zero-order valence-corrected chi connectivity index (χ0v) is 15.6. The summed E-state index contributed by atoms with van der Waals surface area (Å²) in [5, 5.41) is 9.29. The van der Waals surface area contributed by atoms with Crippen molar-refractivity contribution in [3.8, 4) is 0 Å². The maximum atomic E-state index is 12.2. The van der Waals surface area contributed by atoms with Crippen molar-refractivity contribution in [2.45, 2.75) is 18.2 Å². The Morgan fingerprint density at radius 2 is 1.81 bits per heavy atom. The van der Waals surface area contributed by atoms with E-state index >= 15 is 0 Å². The fraction of sp³-hybridized carbons (Fsp3) is 0.150. The number of carbonyl (C=O) groups excluding carboxylic acids is 2. The smallest absolute Gasteiger partial charge is 0.235 e. The van der Waals surface area contributed by atoms with Gasteiger partial charge < -0.3 is 15.2 Å². The Morgan fingerprint density at radius 3 is 2.56 bits per heavy atom. The summed E-state index contributed by atoms with van der Waals surface area (Å²) in [5.74, 6) is 1.01. The maximum absolute atomic E-state index is 12.2. The Kier molecular flexibility index (Phi) is 6.27. The van der Waals surface area contributed by atoms with Gasteiger partial charge in [-0.05, 0) is 30.7 Å². The topological polar surface area (TPSA) is 84.2 Å². The average Bonchev–Trinajstić information content (AvgIpc) is 3.06. The van der Waals surface area contributed by atoms with Crippen molar-refractivity contribution >= 4 is 35.1 Å². The Hall–Kier alpha value is -3.06. The molecule has 1 heterocycles. The average molecular weight is 381 g/mol. The highest BCUT2D eigenvalue weighted by Gasteiger charge is 2.08. The van der Waals surface area contributed by atoms with Gasteiger partial charge in [0.1, 0.15) is 5.76 Å². The molecule has 0 spiro atoms. The van der Waals surface area contributed by atoms with Crippen LogP contribution in [0.4, 0.5) is 11.5 Å². The predicted molar refractivity (Wildman–Crippen MR) is 106 cm³/mol. The summed E-state index contributed by atoms with van der Waals surface area (Å²) >= 11 is 1.38. The maximum Gasteiger partial charge on any atom is 0.235 e. The van der Waals surface area contributed by atoms with Crippen LogP contribution in [0.3, 0.4) is 0 Å². The van der Waals surface area contributed by atoms with Crippen LogP contribution in [0.2, 0.25) is 0 Å². The second-order valence-corrected chi connectivity index (χ2v) is 6.95. The standard InChI is InChI=1S/C20H19N3O3S/c1-14-10-18(23-26-14)22-20(25)13-27-17-9-5-8-16(12-17)21-19(24)11-15-6-3-2-4-7-15/h2-10,12H,11,13H2,1H3,(H,21,24)(H,22,23,25). The number of carbonyl (C=O) groups is 2. The van der Waals surface area contributed by atoms with Crippen molar-refractivity contribution in [1.82, 2.24) is 5.16 Å². The molecule has 3 rings (SSSR count). The van der Waals surface area contributed by atoms with Gasteiger partial charge in [0.05, 0.1) is 12.2 Å². The first-order chi connectivity index (χ1) is 13.1. The second kappa shape index (κ2) is 9.05. The molecule has 0 fully saturated rings. The van der Waals surface area contributed by atoms with E-state index in [-0.39, 0.29) is 17.6 Å². The fourth-order valence-electron chi connectivity index (χ4n) is 2.40. The highest BCUT2D eigenvalue weighted by atomic mass is 32.2. The molecule has 6 nitrogen and oxygen atoms in total. The zero-order chi connectivity index (χ0) is 19.1. The van der Waals surface area contributed by atoms with Crippen molar-refractivity contribution < 1.29 is 14.1 Å². The minimum atomic E-state index is -0.174. The number of nitrogens with one attached hydrogen (secondary N) is 2. The van der Waals surface area contributed by atoms with Crippen LogP contribution in [0.15, 0.2) is 70.1 Å². The van der Waals surface area contributed by atoms with Gasteiger partial charge in [-0.3, -0.25) is 9.59 Å². The molecule has 7 heteroatoms. The molecule has 138 valence electrons. The van der Waals surface area contributed by atoms with Gasteiger partial charge in [0.2, 0.25) is 11.8 Å². The molecule has 0 unspecified atom stereocenters. The zero-order valence-electron chi connectivity index (χ0n) is 14.8. The first-order valence-corrected chi connectivity index (χ1v) is 9.37. The molecule has 0 atom stereocenters. The minimum Gasteiger partial charge on any atom is -0.360 e. The summed E-state index contributed by atoms with van der Waals surface area (Å²) in [5.41, 5.74) is 1.66. The van der Waals surface area contributed by atoms with Crippen molar-refractivity contribution in [3.63, 3.8) is 0 Å². The van der Waals surface area contributed by atoms with Gasteiger partial charge in [-0.1, -0.05) is 41.6 Å². The molecule has 1 aromatic heterocycles. The summed E-state index contributed by atoms with van der Waals surface area (Å²) in [6.07, 6.45) is 0.317. The number of hydrogen-bond acceptors (Lipinski definition) is 5. The number of anilines is 2. The number of nitrogens with zero attached hydrogens (tertiary/aromatic N) is 1. The third-order valence-corrected chi connectivity index (χ3v) is 4.58. The van der Waals surface area contributed by atoms with E-state index in [0.29, 0.717) is 23.7 Å². The summed E-state index contributed by atoms with van der Waals surface area (Å²) in [4.78, 5) is 25.0. The number of aryl methyl sites for hydroxylation is 1. The number of thioether (sulfide) groups is 1. The molecule has 0 aliphatic rings. The van der Waals surface area contributed by atoms with Crippen LogP contribution < -0.4 is 10.6 Å². The molecule has 0 bridgehead atoms. The third-order valence-electron chi connectivity index (χ3n) is 3.59. The lowest BCUT2D eigenvalue weighted by Gasteiger charge is -2.07. The summed E-state index contributed by atoms with van der Waals surface area (Å²) in [7, 11) is 0. The Morgan fingerprint density at radius 1 is 1.00 bits per heavy atom. The van der Waals surface area contributed by atoms with Crippen LogP contribution in [-0.4, -0.2) is 22.7 Å². The molecule has 0 saturated carbocycles. The molecule has 0 saturated heterocycles. The number of aromatic nitrogens is 1. The summed E-state index contributed by atoms with van der Waals surface area (Å²) < 4.78 is 4.91. The molecule has 0 radical (unpaired) electrons. The third kappa shape index (κ3) is 6.00. The van der Waals surface area contributed by atoms with Gasteiger partial charge in [-0.2, -0.15) is 0 Å². The molecule has 0 aliphatic carbocycles. The molecule has 3 aromatic rings. The van der Waals surface area contributed by atoms with Crippen LogP contribution >= 0.6 is 11.8 Å². The van der Waals surface area contributed by atoms with Gasteiger partial charge in [0.15, 0.2) is 5.82 Å². The number of amides is 2. The van der Waals surface area contributed by atoms with Crippen LogP contribution in [-0.2, 0) is 16.0 Å². The number of benzene rings is 2. The second-order valence-electron chi connectivity index (χ2n) is 5.90. The van der Waals surface area contributed by atoms with E-state index < -0.39 is 0 Å². The van der Waals surface area contributed by atoms with E-state index in [9.17, 15) is 9.59 Å². The van der Waals surface area contributed by atoms with E-state index in [0.717, 1.165) is 10.5 Å². The predicted octanol–water partition coefficient (Wildman–Crippen LogP) is 3.90. The van der Waals surface area contributed by atoms with E-state index in [1.54, 1.807) is 13.0 Å². The van der Waals surface area contributed by atoms with Gasteiger partial charge in [-0.25, -0.2) is 0 Å². The van der Waals surface area contributed by atoms with Gasteiger partial charge in [-0.15, -0.1) is 11.8 Å². The van der Waals surface area contributed by atoms with Crippen LogP contribution in [0, 0.1) is 6.92 Å². The first kappa shape index (κ1) is 18.7. The quantitative estimate of drug-likeness (QED) is 0.607. The first-order valence-electron chi connectivity index (χ1n) is 8.38. The lowest BCUT2D eigenvalue weighted by atomic mass is 10.1. The number of rotatable bonds is 7. The van der Waals surface area contributed by atoms with Gasteiger partial charge in [0, 0.05) is 16.6 Å². The number of hydrogen-bond donors (Lipinski definition) is 2. The van der Waals surface area contributed by atoms with E-state index in [2.05, 4.69) is 15.8 Å². The summed E-state index contributed by atoms with van der Waals surface area (Å²) in [6.45, 7) is 1.76. The fourth-order valence-corrected chi connectivity index (χ4v) is 3.16. The van der Waals surface area contributed by atoms with Crippen LogP contribution in [0.5, 0.6) is 0 Å². The molecule has 0 aliphatic heterocycles. The van der Waals surface area contributed by atoms with Crippen molar-refractivity contribution in [3.05, 3.63) is 72.0 Å². The Labute approximate surface area is 161 Å². The molecule has 2 amide bonds. The molecule has 2 N–H and O–H groups in total. The molecule has 27 heavy (non-hydrogen) atoms. The van der Waals surface area contributed by atoms with Crippen molar-refractivity contribution in [2.24, 2.45) is 0 Å². The normalized spacial score (nSPS) is 10.4. The van der Waals surface area contributed by atoms with E-state index in [4.69, 9.17) is 4.52 Å². The Balaban J connectivity index is 1.50. The highest BCUT2D eigenvalue weighted by molar-refractivity contribution is 8.00. The van der Waals surface area contributed by atoms with Crippen LogP contribution in [0.25, 0.3) is 0 Å². The van der Waals surface area contributed by atoms with Gasteiger partial charge >= 0.3 is 0 Å². The monoisotopic (exact) mass is 381 g/mol. The van der Waals surface area contributed by atoms with E-state index in [1.165, 1.54) is 11.8 Å². The van der Waals surface area contributed by atoms with Crippen LogP contribution in [0.1, 0.15) is 11.3 Å².